The van der Waals surface area contributed by atoms with E-state index in [1.807, 2.05) is 0 Å². The number of aromatic amines is 1. The zero-order chi connectivity index (χ0) is 13.0. The smallest absolute Gasteiger partial charge is 0.0456 e. The molecule has 2 rings (SSSR count). The molecule has 2 aromatic rings. The summed E-state index contributed by atoms with van der Waals surface area (Å²) in [6.07, 6.45) is 0. The standard InChI is InChI=1S/C15H23N3/c1-11(2)16-9-12(3)17-10-14-8-13-6-4-5-7-15(13)18-14/h4-8,11-12,16-18H,9-10H2,1-3H3. The summed E-state index contributed by atoms with van der Waals surface area (Å²) in [5.74, 6) is 0. The van der Waals surface area contributed by atoms with Crippen molar-refractivity contribution in [3.63, 3.8) is 0 Å². The fourth-order valence-electron chi connectivity index (χ4n) is 2.00. The summed E-state index contributed by atoms with van der Waals surface area (Å²) in [6, 6.07) is 11.6. The van der Waals surface area contributed by atoms with Crippen molar-refractivity contribution < 1.29 is 0 Å². The minimum atomic E-state index is 0.471. The van der Waals surface area contributed by atoms with E-state index in [-0.39, 0.29) is 0 Å². The molecular formula is C15H23N3. The van der Waals surface area contributed by atoms with Crippen LogP contribution in [0.1, 0.15) is 26.5 Å². The highest BCUT2D eigenvalue weighted by Gasteiger charge is 2.04. The Morgan fingerprint density at radius 3 is 2.61 bits per heavy atom. The van der Waals surface area contributed by atoms with Crippen molar-refractivity contribution >= 4 is 10.9 Å². The van der Waals surface area contributed by atoms with Crippen LogP contribution in [0.3, 0.4) is 0 Å². The van der Waals surface area contributed by atoms with Gasteiger partial charge in [0.1, 0.15) is 0 Å². The maximum Gasteiger partial charge on any atom is 0.0456 e. The van der Waals surface area contributed by atoms with Crippen LogP contribution in [0, 0.1) is 0 Å². The number of para-hydroxylation sites is 1. The average Bonchev–Trinajstić information content (AvgIpc) is 2.76. The van der Waals surface area contributed by atoms with Gasteiger partial charge < -0.3 is 15.6 Å². The van der Waals surface area contributed by atoms with Crippen LogP contribution in [0.2, 0.25) is 0 Å². The fourth-order valence-corrected chi connectivity index (χ4v) is 2.00. The molecule has 3 nitrogen and oxygen atoms in total. The Bertz CT molecular complexity index is 454. The number of nitrogens with one attached hydrogen (secondary N) is 3. The van der Waals surface area contributed by atoms with Crippen LogP contribution in [0.5, 0.6) is 0 Å². The van der Waals surface area contributed by atoms with E-state index in [9.17, 15) is 0 Å². The molecule has 1 aromatic heterocycles. The topological polar surface area (TPSA) is 39.8 Å². The molecule has 0 aliphatic carbocycles. The van der Waals surface area contributed by atoms with E-state index < -0.39 is 0 Å². The summed E-state index contributed by atoms with van der Waals surface area (Å²) in [5, 5.41) is 8.24. The zero-order valence-corrected chi connectivity index (χ0v) is 11.5. The molecule has 3 heteroatoms. The second-order valence-electron chi connectivity index (χ2n) is 5.23. The first-order valence-corrected chi connectivity index (χ1v) is 6.68. The van der Waals surface area contributed by atoms with Crippen molar-refractivity contribution in [1.82, 2.24) is 15.6 Å². The molecule has 0 radical (unpaired) electrons. The molecule has 0 spiro atoms. The number of H-pyrrole nitrogens is 1. The van der Waals surface area contributed by atoms with E-state index in [2.05, 4.69) is 66.7 Å². The first-order valence-electron chi connectivity index (χ1n) is 6.68. The molecular weight excluding hydrogens is 222 g/mol. The van der Waals surface area contributed by atoms with Gasteiger partial charge in [0.2, 0.25) is 0 Å². The van der Waals surface area contributed by atoms with Crippen LogP contribution in [-0.4, -0.2) is 23.6 Å². The summed E-state index contributed by atoms with van der Waals surface area (Å²) in [6.45, 7) is 8.43. The van der Waals surface area contributed by atoms with Crippen molar-refractivity contribution in [1.29, 1.82) is 0 Å². The minimum Gasteiger partial charge on any atom is -0.357 e. The first kappa shape index (κ1) is 13.1. The monoisotopic (exact) mass is 245 g/mol. The van der Waals surface area contributed by atoms with E-state index in [0.717, 1.165) is 13.1 Å². The van der Waals surface area contributed by atoms with E-state index in [1.165, 1.54) is 16.6 Å². The molecule has 0 bridgehead atoms. The van der Waals surface area contributed by atoms with Crippen molar-refractivity contribution in [2.75, 3.05) is 6.54 Å². The number of hydrogen-bond acceptors (Lipinski definition) is 2. The Labute approximate surface area is 109 Å². The van der Waals surface area contributed by atoms with Crippen molar-refractivity contribution in [3.8, 4) is 0 Å². The average molecular weight is 245 g/mol. The van der Waals surface area contributed by atoms with Crippen molar-refractivity contribution in [2.24, 2.45) is 0 Å². The highest BCUT2D eigenvalue weighted by molar-refractivity contribution is 5.80. The van der Waals surface area contributed by atoms with E-state index >= 15 is 0 Å². The number of aromatic nitrogens is 1. The third-order valence-corrected chi connectivity index (χ3v) is 3.06. The molecule has 1 heterocycles. The van der Waals surface area contributed by atoms with Gasteiger partial charge in [-0.25, -0.2) is 0 Å². The van der Waals surface area contributed by atoms with E-state index in [0.29, 0.717) is 12.1 Å². The maximum atomic E-state index is 3.52. The molecule has 1 unspecified atom stereocenters. The van der Waals surface area contributed by atoms with Gasteiger partial charge in [-0.2, -0.15) is 0 Å². The summed E-state index contributed by atoms with van der Waals surface area (Å²) in [5.41, 5.74) is 2.45. The Kier molecular flexibility index (Phi) is 4.39. The fraction of sp³-hybridized carbons (Fsp3) is 0.467. The van der Waals surface area contributed by atoms with Gasteiger partial charge in [-0.15, -0.1) is 0 Å². The molecule has 98 valence electrons. The number of fused-ring (bicyclic) bond motifs is 1. The van der Waals surface area contributed by atoms with Crippen molar-refractivity contribution in [3.05, 3.63) is 36.0 Å². The quantitative estimate of drug-likeness (QED) is 0.732. The highest BCUT2D eigenvalue weighted by atomic mass is 15.0. The van der Waals surface area contributed by atoms with Gasteiger partial charge >= 0.3 is 0 Å². The van der Waals surface area contributed by atoms with Gasteiger partial charge in [0.25, 0.3) is 0 Å². The zero-order valence-electron chi connectivity index (χ0n) is 11.5. The SMILES string of the molecule is CC(C)NCC(C)NCc1cc2ccccc2[nH]1. The summed E-state index contributed by atoms with van der Waals surface area (Å²) in [7, 11) is 0. The molecule has 1 aromatic carbocycles. The van der Waals surface area contributed by atoms with Gasteiger partial charge in [0.05, 0.1) is 0 Å². The molecule has 0 aliphatic rings. The minimum absolute atomic E-state index is 0.471. The summed E-state index contributed by atoms with van der Waals surface area (Å²) in [4.78, 5) is 3.43. The second-order valence-corrected chi connectivity index (χ2v) is 5.23. The number of rotatable bonds is 6. The first-order chi connectivity index (χ1) is 8.65. The van der Waals surface area contributed by atoms with Crippen LogP contribution in [0.25, 0.3) is 10.9 Å². The molecule has 0 amide bonds. The van der Waals surface area contributed by atoms with Crippen LogP contribution in [0.4, 0.5) is 0 Å². The van der Waals surface area contributed by atoms with E-state index in [4.69, 9.17) is 0 Å². The molecule has 1 atom stereocenters. The third kappa shape index (κ3) is 3.59. The normalized spacial score (nSPS) is 13.3. The lowest BCUT2D eigenvalue weighted by atomic mass is 10.2. The van der Waals surface area contributed by atoms with Gasteiger partial charge in [0.15, 0.2) is 0 Å². The second kappa shape index (κ2) is 6.03. The summed E-state index contributed by atoms with van der Waals surface area (Å²) >= 11 is 0. The van der Waals surface area contributed by atoms with Gasteiger partial charge in [0, 0.05) is 36.4 Å². The lowest BCUT2D eigenvalue weighted by Gasteiger charge is -2.16. The van der Waals surface area contributed by atoms with Crippen molar-refractivity contribution in [2.45, 2.75) is 39.4 Å². The van der Waals surface area contributed by atoms with Crippen LogP contribution in [-0.2, 0) is 6.54 Å². The Morgan fingerprint density at radius 1 is 1.11 bits per heavy atom. The van der Waals surface area contributed by atoms with Gasteiger partial charge in [-0.1, -0.05) is 32.0 Å². The van der Waals surface area contributed by atoms with Gasteiger partial charge in [-0.3, -0.25) is 0 Å². The molecule has 0 saturated carbocycles. The molecule has 3 N–H and O–H groups in total. The molecule has 0 aliphatic heterocycles. The lowest BCUT2D eigenvalue weighted by molar-refractivity contribution is 0.472. The molecule has 18 heavy (non-hydrogen) atoms. The van der Waals surface area contributed by atoms with Crippen LogP contribution in [0.15, 0.2) is 30.3 Å². The third-order valence-electron chi connectivity index (χ3n) is 3.06. The Morgan fingerprint density at radius 2 is 1.89 bits per heavy atom. The lowest BCUT2D eigenvalue weighted by Crippen LogP contribution is -2.38. The predicted molar refractivity (Wildman–Crippen MR) is 77.7 cm³/mol. The molecule has 0 fully saturated rings. The molecule has 0 saturated heterocycles. The highest BCUT2D eigenvalue weighted by Crippen LogP contribution is 2.14. The number of benzene rings is 1. The number of hydrogen-bond donors (Lipinski definition) is 3. The summed E-state index contributed by atoms with van der Waals surface area (Å²) < 4.78 is 0. The largest absolute Gasteiger partial charge is 0.357 e. The Balaban J connectivity index is 1.86. The van der Waals surface area contributed by atoms with Crippen LogP contribution < -0.4 is 10.6 Å². The maximum absolute atomic E-state index is 3.52. The van der Waals surface area contributed by atoms with Crippen LogP contribution >= 0.6 is 0 Å². The van der Waals surface area contributed by atoms with E-state index in [1.54, 1.807) is 0 Å². The predicted octanol–water partition coefficient (Wildman–Crippen LogP) is 2.64. The Hall–Kier alpha value is -1.32. The van der Waals surface area contributed by atoms with Gasteiger partial charge in [-0.05, 0) is 24.4 Å².